The van der Waals surface area contributed by atoms with Crippen LogP contribution < -0.4 is 5.32 Å². The molecule has 84 valence electrons. The number of allylic oxidation sites excluding steroid dienone is 3. The standard InChI is InChI=1S/C12H11N5/c13-7-11-16-12-9(8-14-4-5-15-12)10-3-1-2-6-17(10)11/h1-3,6,14H,4-5,8H2. The van der Waals surface area contributed by atoms with Crippen molar-refractivity contribution in [2.75, 3.05) is 19.6 Å². The van der Waals surface area contributed by atoms with Gasteiger partial charge in [-0.2, -0.15) is 5.26 Å². The molecule has 0 atom stereocenters. The predicted molar refractivity (Wildman–Crippen MR) is 65.4 cm³/mol. The van der Waals surface area contributed by atoms with Crippen LogP contribution >= 0.6 is 0 Å². The van der Waals surface area contributed by atoms with E-state index in [1.54, 1.807) is 4.90 Å². The minimum absolute atomic E-state index is 0.380. The largest absolute Gasteiger partial charge is 0.311 e. The Hall–Kier alpha value is -2.19. The SMILES string of the molecule is N#CC1=NC2=NCCNCC2=C2C=CC=CN12. The number of fused-ring (bicyclic) bond motifs is 2. The van der Waals surface area contributed by atoms with E-state index in [2.05, 4.69) is 21.4 Å². The fourth-order valence-electron chi connectivity index (χ4n) is 2.04. The molecule has 0 aromatic rings. The summed E-state index contributed by atoms with van der Waals surface area (Å²) in [4.78, 5) is 10.5. The number of nitrogens with zero attached hydrogens (tertiary/aromatic N) is 4. The topological polar surface area (TPSA) is 63.8 Å². The van der Waals surface area contributed by atoms with Crippen molar-refractivity contribution in [3.05, 3.63) is 35.7 Å². The van der Waals surface area contributed by atoms with Crippen LogP contribution in [0.5, 0.6) is 0 Å². The maximum atomic E-state index is 9.12. The first-order chi connectivity index (χ1) is 8.40. The maximum Gasteiger partial charge on any atom is 0.219 e. The van der Waals surface area contributed by atoms with Crippen molar-refractivity contribution in [1.82, 2.24) is 10.2 Å². The first kappa shape index (κ1) is 10.00. The summed E-state index contributed by atoms with van der Waals surface area (Å²) in [5.41, 5.74) is 2.05. The third kappa shape index (κ3) is 1.59. The van der Waals surface area contributed by atoms with Crippen LogP contribution in [-0.2, 0) is 0 Å². The van der Waals surface area contributed by atoms with Crippen LogP contribution in [0.3, 0.4) is 0 Å². The number of aliphatic imine (C=N–C) groups is 2. The van der Waals surface area contributed by atoms with Crippen LogP contribution in [0.15, 0.2) is 45.7 Å². The number of rotatable bonds is 0. The van der Waals surface area contributed by atoms with Gasteiger partial charge >= 0.3 is 0 Å². The number of amidine groups is 2. The van der Waals surface area contributed by atoms with Crippen LogP contribution in [-0.4, -0.2) is 36.2 Å². The summed E-state index contributed by atoms with van der Waals surface area (Å²) < 4.78 is 0. The highest BCUT2D eigenvalue weighted by molar-refractivity contribution is 6.15. The lowest BCUT2D eigenvalue weighted by atomic mass is 10.1. The Labute approximate surface area is 99.2 Å². The average Bonchev–Trinajstić information content (AvgIpc) is 2.63. The summed E-state index contributed by atoms with van der Waals surface area (Å²) in [6.07, 6.45) is 7.70. The molecule has 17 heavy (non-hydrogen) atoms. The van der Waals surface area contributed by atoms with Gasteiger partial charge in [0.15, 0.2) is 5.84 Å². The van der Waals surface area contributed by atoms with Crippen molar-refractivity contribution < 1.29 is 0 Å². The van der Waals surface area contributed by atoms with E-state index in [0.29, 0.717) is 18.2 Å². The van der Waals surface area contributed by atoms with Gasteiger partial charge in [0, 0.05) is 24.9 Å². The Kier molecular flexibility index (Phi) is 2.35. The molecule has 3 heterocycles. The molecule has 0 fully saturated rings. The molecule has 0 amide bonds. The molecule has 5 heteroatoms. The van der Waals surface area contributed by atoms with Crippen molar-refractivity contribution in [2.24, 2.45) is 9.98 Å². The van der Waals surface area contributed by atoms with Crippen molar-refractivity contribution in [3.8, 4) is 6.07 Å². The smallest absolute Gasteiger partial charge is 0.219 e. The van der Waals surface area contributed by atoms with Crippen molar-refractivity contribution in [3.63, 3.8) is 0 Å². The van der Waals surface area contributed by atoms with Gasteiger partial charge in [-0.3, -0.25) is 9.89 Å². The molecule has 3 aliphatic heterocycles. The third-order valence-corrected chi connectivity index (χ3v) is 2.83. The molecule has 1 N–H and O–H groups in total. The fraction of sp³-hybridized carbons (Fsp3) is 0.250. The molecule has 0 unspecified atom stereocenters. The molecule has 0 radical (unpaired) electrons. The quantitative estimate of drug-likeness (QED) is 0.655. The summed E-state index contributed by atoms with van der Waals surface area (Å²) >= 11 is 0. The van der Waals surface area contributed by atoms with Gasteiger partial charge in [0.25, 0.3) is 0 Å². The molecule has 5 nitrogen and oxygen atoms in total. The highest BCUT2D eigenvalue weighted by Crippen LogP contribution is 2.23. The van der Waals surface area contributed by atoms with E-state index in [1.165, 1.54) is 0 Å². The molecule has 0 aromatic heterocycles. The summed E-state index contributed by atoms with van der Waals surface area (Å²) in [7, 11) is 0. The normalized spacial score (nSPS) is 22.2. The van der Waals surface area contributed by atoms with Crippen molar-refractivity contribution in [2.45, 2.75) is 0 Å². The van der Waals surface area contributed by atoms with Gasteiger partial charge in [-0.1, -0.05) is 6.08 Å². The first-order valence-electron chi connectivity index (χ1n) is 5.52. The van der Waals surface area contributed by atoms with E-state index >= 15 is 0 Å². The Balaban J connectivity index is 2.15. The summed E-state index contributed by atoms with van der Waals surface area (Å²) in [6, 6.07) is 2.11. The van der Waals surface area contributed by atoms with Gasteiger partial charge in [0.2, 0.25) is 5.84 Å². The van der Waals surface area contributed by atoms with Crippen LogP contribution in [0.2, 0.25) is 0 Å². The Bertz CT molecular complexity index is 542. The molecule has 0 saturated carbocycles. The fourth-order valence-corrected chi connectivity index (χ4v) is 2.04. The van der Waals surface area contributed by atoms with E-state index < -0.39 is 0 Å². The van der Waals surface area contributed by atoms with Gasteiger partial charge in [0.1, 0.15) is 6.07 Å². The molecule has 0 aromatic carbocycles. The van der Waals surface area contributed by atoms with E-state index in [1.807, 2.05) is 24.4 Å². The lowest BCUT2D eigenvalue weighted by molar-refractivity contribution is 0.684. The molecule has 3 aliphatic rings. The van der Waals surface area contributed by atoms with Crippen LogP contribution in [0.1, 0.15) is 0 Å². The average molecular weight is 225 g/mol. The van der Waals surface area contributed by atoms with E-state index in [-0.39, 0.29) is 0 Å². The molecule has 3 rings (SSSR count). The Morgan fingerprint density at radius 2 is 2.35 bits per heavy atom. The molecular weight excluding hydrogens is 214 g/mol. The second-order valence-electron chi connectivity index (χ2n) is 3.86. The lowest BCUT2D eigenvalue weighted by Gasteiger charge is -2.28. The summed E-state index contributed by atoms with van der Waals surface area (Å²) in [6.45, 7) is 2.29. The third-order valence-electron chi connectivity index (χ3n) is 2.83. The van der Waals surface area contributed by atoms with Gasteiger partial charge in [-0.15, -0.1) is 0 Å². The summed E-state index contributed by atoms with van der Waals surface area (Å²) in [5.74, 6) is 1.07. The van der Waals surface area contributed by atoms with Gasteiger partial charge in [0.05, 0.1) is 12.2 Å². The minimum atomic E-state index is 0.380. The Morgan fingerprint density at radius 3 is 3.24 bits per heavy atom. The number of nitrogens with one attached hydrogen (secondary N) is 1. The number of hydrogen-bond acceptors (Lipinski definition) is 5. The molecule has 0 bridgehead atoms. The van der Waals surface area contributed by atoms with Gasteiger partial charge in [-0.05, 0) is 12.2 Å². The minimum Gasteiger partial charge on any atom is -0.311 e. The summed E-state index contributed by atoms with van der Waals surface area (Å²) in [5, 5.41) is 12.4. The second-order valence-corrected chi connectivity index (χ2v) is 3.86. The van der Waals surface area contributed by atoms with Gasteiger partial charge < -0.3 is 5.32 Å². The predicted octanol–water partition coefficient (Wildman–Crippen LogP) is 0.563. The molecule has 0 spiro atoms. The van der Waals surface area contributed by atoms with E-state index in [9.17, 15) is 0 Å². The highest BCUT2D eigenvalue weighted by Gasteiger charge is 2.26. The number of nitriles is 1. The maximum absolute atomic E-state index is 9.12. The zero-order chi connectivity index (χ0) is 11.7. The highest BCUT2D eigenvalue weighted by atomic mass is 15.2. The zero-order valence-corrected chi connectivity index (χ0v) is 9.22. The molecule has 0 saturated heterocycles. The molecule has 0 aliphatic carbocycles. The number of hydrogen-bond donors (Lipinski definition) is 1. The Morgan fingerprint density at radius 1 is 1.41 bits per heavy atom. The van der Waals surface area contributed by atoms with Crippen LogP contribution in [0.4, 0.5) is 0 Å². The molecular formula is C12H11N5. The van der Waals surface area contributed by atoms with Crippen molar-refractivity contribution >= 4 is 11.7 Å². The monoisotopic (exact) mass is 225 g/mol. The zero-order valence-electron chi connectivity index (χ0n) is 9.22. The van der Waals surface area contributed by atoms with Gasteiger partial charge in [-0.25, -0.2) is 4.99 Å². The lowest BCUT2D eigenvalue weighted by Crippen LogP contribution is -2.34. The van der Waals surface area contributed by atoms with Crippen molar-refractivity contribution in [1.29, 1.82) is 5.26 Å². The van der Waals surface area contributed by atoms with Crippen LogP contribution in [0.25, 0.3) is 0 Å². The van der Waals surface area contributed by atoms with Crippen LogP contribution in [0, 0.1) is 11.3 Å². The van der Waals surface area contributed by atoms with E-state index in [4.69, 9.17) is 5.26 Å². The van der Waals surface area contributed by atoms with E-state index in [0.717, 1.165) is 24.4 Å². The second kappa shape index (κ2) is 4.00. The first-order valence-corrected chi connectivity index (χ1v) is 5.52.